The standard InChI is InChI=1S/C20H36N4O6/c1-13(2)17(19(27)29-5)21-15(25)11-23-7-9-24(10-8-23)12-16(26)22-18(14(3)4)20(28)30-6/h13-14,17-18H,7-12H2,1-6H3,(H,21,25)(H,22,26)/t17-,18-/m0/s1. The van der Waals surface area contributed by atoms with Gasteiger partial charge >= 0.3 is 11.9 Å². The van der Waals surface area contributed by atoms with E-state index in [4.69, 9.17) is 9.47 Å². The molecule has 1 aliphatic rings. The van der Waals surface area contributed by atoms with Crippen molar-refractivity contribution in [3.05, 3.63) is 0 Å². The molecule has 2 amide bonds. The Bertz CT molecular complexity index is 550. The second-order valence-electron chi connectivity index (χ2n) is 8.18. The fourth-order valence-corrected chi connectivity index (χ4v) is 3.20. The monoisotopic (exact) mass is 428 g/mol. The lowest BCUT2D eigenvalue weighted by Crippen LogP contribution is -2.54. The van der Waals surface area contributed by atoms with Crippen molar-refractivity contribution in [2.24, 2.45) is 11.8 Å². The predicted molar refractivity (Wildman–Crippen MR) is 110 cm³/mol. The van der Waals surface area contributed by atoms with E-state index in [0.29, 0.717) is 26.2 Å². The van der Waals surface area contributed by atoms with Gasteiger partial charge < -0.3 is 20.1 Å². The summed E-state index contributed by atoms with van der Waals surface area (Å²) < 4.78 is 9.48. The highest BCUT2D eigenvalue weighted by atomic mass is 16.5. The molecule has 0 saturated carbocycles. The van der Waals surface area contributed by atoms with Crippen molar-refractivity contribution in [1.82, 2.24) is 20.4 Å². The summed E-state index contributed by atoms with van der Waals surface area (Å²) in [7, 11) is 2.60. The number of piperazine rings is 1. The van der Waals surface area contributed by atoms with Crippen molar-refractivity contribution < 1.29 is 28.7 Å². The number of rotatable bonds is 10. The van der Waals surface area contributed by atoms with Gasteiger partial charge in [-0.1, -0.05) is 27.7 Å². The van der Waals surface area contributed by atoms with Crippen molar-refractivity contribution in [3.8, 4) is 0 Å². The van der Waals surface area contributed by atoms with E-state index >= 15 is 0 Å². The maximum Gasteiger partial charge on any atom is 0.328 e. The molecule has 10 nitrogen and oxygen atoms in total. The highest BCUT2D eigenvalue weighted by molar-refractivity contribution is 5.86. The first-order valence-electron chi connectivity index (χ1n) is 10.3. The maximum atomic E-state index is 12.3. The van der Waals surface area contributed by atoms with E-state index in [-0.39, 0.29) is 36.7 Å². The third kappa shape index (κ3) is 8.27. The first-order chi connectivity index (χ1) is 14.1. The molecule has 0 spiro atoms. The molecule has 10 heteroatoms. The molecular weight excluding hydrogens is 392 g/mol. The Morgan fingerprint density at radius 2 is 1.00 bits per heavy atom. The number of esters is 2. The van der Waals surface area contributed by atoms with E-state index in [1.54, 1.807) is 0 Å². The van der Waals surface area contributed by atoms with Crippen molar-refractivity contribution >= 4 is 23.8 Å². The molecule has 0 bridgehead atoms. The van der Waals surface area contributed by atoms with Crippen molar-refractivity contribution in [2.45, 2.75) is 39.8 Å². The van der Waals surface area contributed by atoms with Crippen LogP contribution in [0.1, 0.15) is 27.7 Å². The van der Waals surface area contributed by atoms with E-state index in [2.05, 4.69) is 10.6 Å². The van der Waals surface area contributed by atoms with Crippen LogP contribution in [0.5, 0.6) is 0 Å². The minimum Gasteiger partial charge on any atom is -0.467 e. The van der Waals surface area contributed by atoms with Crippen LogP contribution in [0.25, 0.3) is 0 Å². The van der Waals surface area contributed by atoms with E-state index in [1.807, 2.05) is 37.5 Å². The summed E-state index contributed by atoms with van der Waals surface area (Å²) in [4.78, 5) is 52.1. The lowest BCUT2D eigenvalue weighted by Gasteiger charge is -2.34. The number of carbonyl (C=O) groups excluding carboxylic acids is 4. The Morgan fingerprint density at radius 3 is 1.23 bits per heavy atom. The summed E-state index contributed by atoms with van der Waals surface area (Å²) in [6.45, 7) is 10.2. The number of nitrogens with one attached hydrogen (secondary N) is 2. The topological polar surface area (TPSA) is 117 Å². The molecule has 1 saturated heterocycles. The van der Waals surface area contributed by atoms with Crippen molar-refractivity contribution in [1.29, 1.82) is 0 Å². The third-order valence-electron chi connectivity index (χ3n) is 5.08. The Kier molecular flexibility index (Phi) is 10.8. The molecule has 0 unspecified atom stereocenters. The Morgan fingerprint density at radius 1 is 0.700 bits per heavy atom. The summed E-state index contributed by atoms with van der Waals surface area (Å²) in [5, 5.41) is 5.46. The zero-order chi connectivity index (χ0) is 22.8. The van der Waals surface area contributed by atoms with Crippen LogP contribution in [-0.4, -0.2) is 99.1 Å². The maximum absolute atomic E-state index is 12.3. The molecule has 172 valence electrons. The molecule has 1 aliphatic heterocycles. The van der Waals surface area contributed by atoms with E-state index in [1.165, 1.54) is 14.2 Å². The van der Waals surface area contributed by atoms with Gasteiger partial charge in [-0.25, -0.2) is 9.59 Å². The molecule has 0 radical (unpaired) electrons. The quantitative estimate of drug-likeness (QED) is 0.436. The summed E-state index contributed by atoms with van der Waals surface area (Å²) in [5.41, 5.74) is 0. The van der Waals surface area contributed by atoms with Crippen LogP contribution in [0.15, 0.2) is 0 Å². The number of hydrogen-bond acceptors (Lipinski definition) is 8. The second kappa shape index (κ2) is 12.5. The number of methoxy groups -OCH3 is 2. The normalized spacial score (nSPS) is 17.3. The minimum absolute atomic E-state index is 0.0728. The Labute approximate surface area is 178 Å². The SMILES string of the molecule is COC(=O)[C@@H](NC(=O)CN1CCN(CC(=O)N[C@H](C(=O)OC)C(C)C)CC1)C(C)C. The van der Waals surface area contributed by atoms with Crippen molar-refractivity contribution in [2.75, 3.05) is 53.5 Å². The fourth-order valence-electron chi connectivity index (χ4n) is 3.20. The first kappa shape index (κ1) is 25.8. The van der Waals surface area contributed by atoms with Gasteiger partial charge in [0.15, 0.2) is 0 Å². The van der Waals surface area contributed by atoms with Gasteiger partial charge in [0.1, 0.15) is 12.1 Å². The summed E-state index contributed by atoms with van der Waals surface area (Å²) >= 11 is 0. The summed E-state index contributed by atoms with van der Waals surface area (Å²) in [6.07, 6.45) is 0. The average Bonchev–Trinajstić information content (AvgIpc) is 2.70. The van der Waals surface area contributed by atoms with Gasteiger partial charge in [-0.05, 0) is 11.8 Å². The predicted octanol–water partition coefficient (Wildman–Crippen LogP) is -0.768. The average molecular weight is 429 g/mol. The lowest BCUT2D eigenvalue weighted by molar-refractivity contribution is -0.147. The number of amides is 2. The van der Waals surface area contributed by atoms with Gasteiger partial charge in [0.2, 0.25) is 11.8 Å². The molecule has 0 aromatic heterocycles. The highest BCUT2D eigenvalue weighted by Gasteiger charge is 2.28. The largest absolute Gasteiger partial charge is 0.467 e. The van der Waals surface area contributed by atoms with Gasteiger partial charge in [0.25, 0.3) is 0 Å². The number of hydrogen-bond donors (Lipinski definition) is 2. The van der Waals surface area contributed by atoms with Gasteiger partial charge in [-0.3, -0.25) is 19.4 Å². The van der Waals surface area contributed by atoms with Crippen LogP contribution >= 0.6 is 0 Å². The Hall–Kier alpha value is -2.20. The summed E-state index contributed by atoms with van der Waals surface area (Å²) in [5.74, 6) is -1.53. The summed E-state index contributed by atoms with van der Waals surface area (Å²) in [6, 6.07) is -1.34. The third-order valence-corrected chi connectivity index (χ3v) is 5.08. The van der Waals surface area contributed by atoms with Gasteiger partial charge in [0.05, 0.1) is 27.3 Å². The van der Waals surface area contributed by atoms with Crippen LogP contribution in [-0.2, 0) is 28.7 Å². The van der Waals surface area contributed by atoms with Gasteiger partial charge in [-0.15, -0.1) is 0 Å². The molecule has 30 heavy (non-hydrogen) atoms. The fraction of sp³-hybridized carbons (Fsp3) is 0.800. The Balaban J connectivity index is 2.44. The first-order valence-corrected chi connectivity index (χ1v) is 10.3. The molecule has 1 fully saturated rings. The highest BCUT2D eigenvalue weighted by Crippen LogP contribution is 2.06. The number of nitrogens with zero attached hydrogens (tertiary/aromatic N) is 2. The van der Waals surface area contributed by atoms with Gasteiger partial charge in [-0.2, -0.15) is 0 Å². The molecular formula is C20H36N4O6. The van der Waals surface area contributed by atoms with Crippen molar-refractivity contribution in [3.63, 3.8) is 0 Å². The molecule has 1 rings (SSSR count). The van der Waals surface area contributed by atoms with E-state index < -0.39 is 24.0 Å². The second-order valence-corrected chi connectivity index (χ2v) is 8.18. The molecule has 0 aromatic rings. The van der Waals surface area contributed by atoms with Crippen LogP contribution in [0.2, 0.25) is 0 Å². The minimum atomic E-state index is -0.670. The zero-order valence-corrected chi connectivity index (χ0v) is 18.9. The molecule has 2 N–H and O–H groups in total. The van der Waals surface area contributed by atoms with Crippen LogP contribution in [0, 0.1) is 11.8 Å². The molecule has 0 aromatic carbocycles. The van der Waals surface area contributed by atoms with E-state index in [9.17, 15) is 19.2 Å². The molecule has 2 atom stereocenters. The van der Waals surface area contributed by atoms with Crippen LogP contribution in [0.4, 0.5) is 0 Å². The van der Waals surface area contributed by atoms with Crippen LogP contribution < -0.4 is 10.6 Å². The van der Waals surface area contributed by atoms with Crippen LogP contribution in [0.3, 0.4) is 0 Å². The zero-order valence-electron chi connectivity index (χ0n) is 18.9. The number of ether oxygens (including phenoxy) is 2. The van der Waals surface area contributed by atoms with E-state index in [0.717, 1.165) is 0 Å². The lowest BCUT2D eigenvalue weighted by atomic mass is 10.0. The van der Waals surface area contributed by atoms with Gasteiger partial charge in [0, 0.05) is 26.2 Å². The molecule has 1 heterocycles. The smallest absolute Gasteiger partial charge is 0.328 e. The number of carbonyl (C=O) groups is 4. The molecule has 0 aliphatic carbocycles.